The molecule has 0 atom stereocenters. The van der Waals surface area contributed by atoms with Gasteiger partial charge in [0.15, 0.2) is 0 Å². The first-order valence-corrected chi connectivity index (χ1v) is 3.46. The Labute approximate surface area is 64.2 Å². The monoisotopic (exact) mass is 241 g/mol. The summed E-state index contributed by atoms with van der Waals surface area (Å²) in [6, 6.07) is 0. The van der Waals surface area contributed by atoms with Gasteiger partial charge in [-0.3, -0.25) is 0 Å². The minimum absolute atomic E-state index is 0.231. The molecule has 0 saturated heterocycles. The molecule has 0 heterocycles. The molecular formula is C4H3Br2O2. The SMILES string of the molecule is O=[C]OC/C(Br)=C/Br. The highest BCUT2D eigenvalue weighted by Gasteiger charge is 1.87. The molecule has 0 unspecified atom stereocenters. The zero-order valence-electron chi connectivity index (χ0n) is 3.86. The molecule has 0 aromatic rings. The van der Waals surface area contributed by atoms with Gasteiger partial charge in [0.05, 0.1) is 0 Å². The van der Waals surface area contributed by atoms with Gasteiger partial charge in [-0.15, -0.1) is 0 Å². The summed E-state index contributed by atoms with van der Waals surface area (Å²) in [4.78, 5) is 11.0. The second kappa shape index (κ2) is 5.31. The lowest BCUT2D eigenvalue weighted by molar-refractivity contribution is 0.312. The van der Waals surface area contributed by atoms with Gasteiger partial charge in [-0.25, -0.2) is 4.79 Å². The lowest BCUT2D eigenvalue weighted by Gasteiger charge is -1.90. The van der Waals surface area contributed by atoms with Gasteiger partial charge >= 0.3 is 6.47 Å². The van der Waals surface area contributed by atoms with Crippen LogP contribution in [0, 0.1) is 0 Å². The molecule has 0 aromatic carbocycles. The predicted octanol–water partition coefficient (Wildman–Crippen LogP) is 1.70. The second-order valence-electron chi connectivity index (χ2n) is 0.928. The van der Waals surface area contributed by atoms with Gasteiger partial charge in [0.2, 0.25) is 0 Å². The number of halogens is 2. The molecule has 0 aliphatic carbocycles. The summed E-state index contributed by atoms with van der Waals surface area (Å²) in [6.07, 6.45) is 0. The van der Waals surface area contributed by atoms with Crippen molar-refractivity contribution in [2.45, 2.75) is 0 Å². The van der Waals surface area contributed by atoms with Crippen LogP contribution in [0.2, 0.25) is 0 Å². The number of hydrogen-bond acceptors (Lipinski definition) is 2. The Kier molecular flexibility index (Phi) is 5.42. The van der Waals surface area contributed by atoms with Crippen LogP contribution in [0.25, 0.3) is 0 Å². The van der Waals surface area contributed by atoms with Gasteiger partial charge < -0.3 is 4.74 Å². The van der Waals surface area contributed by atoms with E-state index >= 15 is 0 Å². The zero-order valence-corrected chi connectivity index (χ0v) is 7.03. The first-order chi connectivity index (χ1) is 3.81. The lowest BCUT2D eigenvalue weighted by atomic mass is 10.7. The molecule has 45 valence electrons. The minimum Gasteiger partial charge on any atom is -0.452 e. The summed E-state index contributed by atoms with van der Waals surface area (Å²) in [5.74, 6) is 0. The predicted molar refractivity (Wildman–Crippen MR) is 37.6 cm³/mol. The highest BCUT2D eigenvalue weighted by molar-refractivity contribution is 9.14. The van der Waals surface area contributed by atoms with Crippen molar-refractivity contribution < 1.29 is 9.53 Å². The highest BCUT2D eigenvalue weighted by Crippen LogP contribution is 2.06. The van der Waals surface area contributed by atoms with Crippen molar-refractivity contribution in [2.24, 2.45) is 0 Å². The van der Waals surface area contributed by atoms with Crippen molar-refractivity contribution in [3.63, 3.8) is 0 Å². The molecule has 0 fully saturated rings. The van der Waals surface area contributed by atoms with Crippen molar-refractivity contribution in [1.29, 1.82) is 0 Å². The van der Waals surface area contributed by atoms with E-state index in [2.05, 4.69) is 36.6 Å². The van der Waals surface area contributed by atoms with E-state index in [0.717, 1.165) is 4.48 Å². The van der Waals surface area contributed by atoms with E-state index in [9.17, 15) is 4.79 Å². The molecule has 0 spiro atoms. The molecule has 0 aliphatic rings. The van der Waals surface area contributed by atoms with Gasteiger partial charge in [0.1, 0.15) is 6.61 Å². The maximum atomic E-state index is 9.41. The molecule has 0 aliphatic heterocycles. The van der Waals surface area contributed by atoms with Crippen LogP contribution in [-0.2, 0) is 9.53 Å². The molecule has 0 bridgehead atoms. The molecule has 4 heteroatoms. The average molecular weight is 243 g/mol. The molecule has 2 nitrogen and oxygen atoms in total. The smallest absolute Gasteiger partial charge is 0.417 e. The Morgan fingerprint density at radius 2 is 2.50 bits per heavy atom. The van der Waals surface area contributed by atoms with Crippen LogP contribution >= 0.6 is 31.9 Å². The van der Waals surface area contributed by atoms with E-state index < -0.39 is 0 Å². The van der Waals surface area contributed by atoms with E-state index in [0.29, 0.717) is 0 Å². The summed E-state index contributed by atoms with van der Waals surface area (Å²) in [5.41, 5.74) is 0. The van der Waals surface area contributed by atoms with Crippen LogP contribution in [0.15, 0.2) is 9.47 Å². The molecule has 0 rings (SSSR count). The van der Waals surface area contributed by atoms with Crippen molar-refractivity contribution in [1.82, 2.24) is 0 Å². The lowest BCUT2D eigenvalue weighted by Crippen LogP contribution is -1.88. The third kappa shape index (κ3) is 4.33. The van der Waals surface area contributed by atoms with Crippen molar-refractivity contribution in [2.75, 3.05) is 6.61 Å². The molecule has 0 aromatic heterocycles. The van der Waals surface area contributed by atoms with Crippen molar-refractivity contribution in [3.05, 3.63) is 9.47 Å². The van der Waals surface area contributed by atoms with E-state index in [4.69, 9.17) is 0 Å². The molecule has 0 saturated carbocycles. The van der Waals surface area contributed by atoms with Crippen molar-refractivity contribution in [3.8, 4) is 0 Å². The van der Waals surface area contributed by atoms with Gasteiger partial charge in [0, 0.05) is 4.48 Å². The third-order valence-electron chi connectivity index (χ3n) is 0.387. The van der Waals surface area contributed by atoms with E-state index in [1.165, 1.54) is 6.47 Å². The quantitative estimate of drug-likeness (QED) is 0.753. The normalized spacial score (nSPS) is 11.0. The maximum absolute atomic E-state index is 9.41. The summed E-state index contributed by atoms with van der Waals surface area (Å²) in [6.45, 7) is 1.52. The standard InChI is InChI=1S/C4H3Br2O2/c5-1-4(6)2-8-3-7/h1H,2H2/b4-1-. The topological polar surface area (TPSA) is 26.3 Å². The Bertz CT molecular complexity index is 100. The van der Waals surface area contributed by atoms with Gasteiger partial charge in [-0.1, -0.05) is 31.9 Å². The number of ether oxygens (including phenoxy) is 1. The van der Waals surface area contributed by atoms with Crippen LogP contribution in [-0.4, -0.2) is 13.1 Å². The Morgan fingerprint density at radius 3 is 2.88 bits per heavy atom. The summed E-state index contributed by atoms with van der Waals surface area (Å²) >= 11 is 6.11. The fraction of sp³-hybridized carbons (Fsp3) is 0.250. The van der Waals surface area contributed by atoms with E-state index in [1.54, 1.807) is 4.99 Å². The Morgan fingerprint density at radius 1 is 1.88 bits per heavy atom. The maximum Gasteiger partial charge on any atom is 0.417 e. The summed E-state index contributed by atoms with van der Waals surface area (Å²) in [7, 11) is 0. The Hall–Kier alpha value is 0.170. The molecule has 0 N–H and O–H groups in total. The Balaban J connectivity index is 3.24. The fourth-order valence-electron chi connectivity index (χ4n) is 0.130. The first kappa shape index (κ1) is 8.17. The van der Waals surface area contributed by atoms with Gasteiger partial charge in [-0.05, 0) is 4.99 Å². The van der Waals surface area contributed by atoms with E-state index in [1.807, 2.05) is 0 Å². The number of carbonyl (C=O) groups excluding carboxylic acids is 1. The first-order valence-electron chi connectivity index (χ1n) is 1.75. The van der Waals surface area contributed by atoms with E-state index in [-0.39, 0.29) is 6.61 Å². The van der Waals surface area contributed by atoms with Crippen LogP contribution in [0.4, 0.5) is 0 Å². The van der Waals surface area contributed by atoms with Crippen LogP contribution in [0.1, 0.15) is 0 Å². The van der Waals surface area contributed by atoms with Gasteiger partial charge in [-0.2, -0.15) is 0 Å². The second-order valence-corrected chi connectivity index (χ2v) is 2.40. The minimum atomic E-state index is 0.231. The molecular weight excluding hydrogens is 240 g/mol. The van der Waals surface area contributed by atoms with Crippen LogP contribution in [0.3, 0.4) is 0 Å². The van der Waals surface area contributed by atoms with Crippen LogP contribution in [0.5, 0.6) is 0 Å². The zero-order chi connectivity index (χ0) is 6.41. The summed E-state index contributed by atoms with van der Waals surface area (Å²) < 4.78 is 5.00. The number of rotatable bonds is 3. The molecule has 8 heavy (non-hydrogen) atoms. The largest absolute Gasteiger partial charge is 0.452 e. The average Bonchev–Trinajstić information content (AvgIpc) is 1.83. The fourth-order valence-corrected chi connectivity index (χ4v) is 0.377. The summed E-state index contributed by atoms with van der Waals surface area (Å²) in [5, 5.41) is 0. The number of hydrogen-bond donors (Lipinski definition) is 0. The van der Waals surface area contributed by atoms with Crippen molar-refractivity contribution >= 4 is 38.3 Å². The highest BCUT2D eigenvalue weighted by atomic mass is 79.9. The van der Waals surface area contributed by atoms with Crippen LogP contribution < -0.4 is 0 Å². The van der Waals surface area contributed by atoms with Gasteiger partial charge in [0.25, 0.3) is 0 Å². The molecule has 0 amide bonds. The molecule has 1 radical (unpaired) electrons. The third-order valence-corrected chi connectivity index (χ3v) is 2.01.